The summed E-state index contributed by atoms with van der Waals surface area (Å²) in [4.78, 5) is 16.0. The molecule has 15 atom stereocenters. The summed E-state index contributed by atoms with van der Waals surface area (Å²) in [5.41, 5.74) is -4.96. The molecule has 1 aliphatic heterocycles. The molecule has 1 aromatic carbocycles. The number of rotatable bonds is 9. The Bertz CT molecular complexity index is 1310. The van der Waals surface area contributed by atoms with E-state index in [4.69, 9.17) is 28.4 Å². The molecule has 5 aliphatic carbocycles. The van der Waals surface area contributed by atoms with E-state index in [1.165, 1.54) is 14.2 Å². The van der Waals surface area contributed by atoms with Gasteiger partial charge < -0.3 is 48.8 Å². The van der Waals surface area contributed by atoms with E-state index in [2.05, 4.69) is 4.90 Å². The Balaban J connectivity index is 1.45. The molecular formula is C33H47NO11. The number of hydrogen-bond donors (Lipinski definition) is 4. The third-order valence-electron chi connectivity index (χ3n) is 13.2. The van der Waals surface area contributed by atoms with Crippen molar-refractivity contribution in [2.45, 2.75) is 73.6 Å². The van der Waals surface area contributed by atoms with Gasteiger partial charge in [-0.05, 0) is 43.1 Å². The van der Waals surface area contributed by atoms with Crippen LogP contribution in [-0.2, 0) is 23.7 Å². The molecule has 250 valence electrons. The second-order valence-electron chi connectivity index (χ2n) is 14.2. The summed E-state index contributed by atoms with van der Waals surface area (Å²) in [7, 11) is 7.80. The molecule has 7 rings (SSSR count). The molecule has 6 fully saturated rings. The molecule has 5 unspecified atom stereocenters. The molecular weight excluding hydrogens is 586 g/mol. The summed E-state index contributed by atoms with van der Waals surface area (Å²) in [6.45, 7) is 3.43. The highest BCUT2D eigenvalue weighted by atomic mass is 16.6. The van der Waals surface area contributed by atoms with Gasteiger partial charge in [0.1, 0.15) is 35.3 Å². The number of carbonyl (C=O) groups is 1. The van der Waals surface area contributed by atoms with Crippen molar-refractivity contribution in [3.05, 3.63) is 29.8 Å². The summed E-state index contributed by atoms with van der Waals surface area (Å²) in [6.07, 6.45) is -5.43. The van der Waals surface area contributed by atoms with Crippen LogP contribution in [0.2, 0.25) is 0 Å². The van der Waals surface area contributed by atoms with Gasteiger partial charge >= 0.3 is 5.97 Å². The van der Waals surface area contributed by atoms with Crippen LogP contribution < -0.4 is 4.74 Å². The van der Waals surface area contributed by atoms with Crippen LogP contribution in [0.25, 0.3) is 0 Å². The second kappa shape index (κ2) is 10.6. The molecule has 1 saturated heterocycles. The fourth-order valence-electron chi connectivity index (χ4n) is 12.1. The van der Waals surface area contributed by atoms with Gasteiger partial charge in [-0.1, -0.05) is 6.92 Å². The van der Waals surface area contributed by atoms with E-state index in [1.807, 2.05) is 6.92 Å². The van der Waals surface area contributed by atoms with Gasteiger partial charge in [0, 0.05) is 76.0 Å². The van der Waals surface area contributed by atoms with E-state index in [-0.39, 0.29) is 30.6 Å². The van der Waals surface area contributed by atoms with Crippen LogP contribution in [0.5, 0.6) is 5.75 Å². The number of benzene rings is 1. The zero-order valence-electron chi connectivity index (χ0n) is 26.8. The smallest absolute Gasteiger partial charge is 0.338 e. The van der Waals surface area contributed by atoms with Crippen molar-refractivity contribution in [1.29, 1.82) is 0 Å². The van der Waals surface area contributed by atoms with Crippen LogP contribution >= 0.6 is 0 Å². The highest BCUT2D eigenvalue weighted by molar-refractivity contribution is 5.89. The van der Waals surface area contributed by atoms with E-state index in [1.54, 1.807) is 45.6 Å². The van der Waals surface area contributed by atoms with E-state index in [0.717, 1.165) is 0 Å². The maximum absolute atomic E-state index is 13.7. The highest BCUT2D eigenvalue weighted by Crippen LogP contribution is 2.80. The Kier molecular flexibility index (Phi) is 7.45. The van der Waals surface area contributed by atoms with E-state index < -0.39 is 82.4 Å². The van der Waals surface area contributed by atoms with Crippen LogP contribution in [-0.4, -0.2) is 140 Å². The van der Waals surface area contributed by atoms with Gasteiger partial charge in [-0.2, -0.15) is 0 Å². The first-order chi connectivity index (χ1) is 21.5. The molecule has 1 spiro atoms. The maximum atomic E-state index is 13.7. The van der Waals surface area contributed by atoms with E-state index in [9.17, 15) is 25.2 Å². The largest absolute Gasteiger partial charge is 0.497 e. The molecule has 0 radical (unpaired) electrons. The molecule has 5 saturated carbocycles. The van der Waals surface area contributed by atoms with Crippen molar-refractivity contribution in [2.75, 3.05) is 55.2 Å². The number of nitrogens with zero attached hydrogens (tertiary/aromatic N) is 1. The molecule has 0 aromatic heterocycles. The fraction of sp³-hybridized carbons (Fsp3) is 0.788. The number of piperidine rings is 1. The summed E-state index contributed by atoms with van der Waals surface area (Å²) in [6, 6.07) is 6.16. The Labute approximate surface area is 263 Å². The van der Waals surface area contributed by atoms with Gasteiger partial charge in [-0.25, -0.2) is 4.79 Å². The minimum absolute atomic E-state index is 0.0861. The van der Waals surface area contributed by atoms with Gasteiger partial charge in [-0.3, -0.25) is 4.90 Å². The van der Waals surface area contributed by atoms with Gasteiger partial charge in [0.25, 0.3) is 0 Å². The standard InChI is InChI=1S/C33H47NO11/c1-7-34-14-30(15-40-2)19(35)12-20(42-4)32-18-13-31(38)27(45-29(37)16-8-10-17(41-3)11-9-16)21(18)33(39,26(36)28(31)44-6)22(25(32)34)23(43-5)24(30)32/h8-11,18-28,35-36,38-39H,7,12-15H2,1-6H3/t18?,19-,20+,21?,22?,23+,24?,25?,26+,27-,28+,30+,31-,32+,33-/m1/s1. The lowest BCUT2D eigenvalue weighted by atomic mass is 9.42. The Hall–Kier alpha value is -1.87. The molecule has 0 amide bonds. The zero-order chi connectivity index (χ0) is 32.3. The second-order valence-corrected chi connectivity index (χ2v) is 14.2. The number of esters is 1. The summed E-state index contributed by atoms with van der Waals surface area (Å²) < 4.78 is 35.8. The molecule has 7 bridgehead atoms. The van der Waals surface area contributed by atoms with Crippen molar-refractivity contribution >= 4 is 5.97 Å². The summed E-state index contributed by atoms with van der Waals surface area (Å²) >= 11 is 0. The molecule has 1 heterocycles. The third kappa shape index (κ3) is 3.56. The predicted molar refractivity (Wildman–Crippen MR) is 157 cm³/mol. The monoisotopic (exact) mass is 633 g/mol. The minimum Gasteiger partial charge on any atom is -0.497 e. The Morgan fingerprint density at radius 1 is 0.978 bits per heavy atom. The number of ether oxygens (including phenoxy) is 6. The number of carbonyl (C=O) groups excluding carboxylic acids is 1. The first kappa shape index (κ1) is 31.7. The van der Waals surface area contributed by atoms with Gasteiger partial charge in [0.15, 0.2) is 0 Å². The molecule has 1 aromatic rings. The third-order valence-corrected chi connectivity index (χ3v) is 13.2. The van der Waals surface area contributed by atoms with Gasteiger partial charge in [0.2, 0.25) is 0 Å². The number of aliphatic hydroxyl groups is 4. The highest BCUT2D eigenvalue weighted by Gasteiger charge is 2.91. The predicted octanol–water partition coefficient (Wildman–Crippen LogP) is 0.0859. The molecule has 12 heteroatoms. The first-order valence-corrected chi connectivity index (χ1v) is 16.0. The summed E-state index contributed by atoms with van der Waals surface area (Å²) in [5.74, 6) is -2.50. The maximum Gasteiger partial charge on any atom is 0.338 e. The van der Waals surface area contributed by atoms with Crippen molar-refractivity contribution in [1.82, 2.24) is 4.90 Å². The lowest BCUT2D eigenvalue weighted by Gasteiger charge is -2.70. The molecule has 45 heavy (non-hydrogen) atoms. The first-order valence-electron chi connectivity index (χ1n) is 16.0. The van der Waals surface area contributed by atoms with Crippen molar-refractivity contribution in [3.63, 3.8) is 0 Å². The molecule has 6 aliphatic rings. The van der Waals surface area contributed by atoms with Crippen LogP contribution in [0.1, 0.15) is 30.1 Å². The SMILES string of the molecule is CCN1C[C@@]2(COC)C3[C@@H](OC)C4C1[C@@]3(C1C[C@@]3(O)[C@H](OC(=O)c5ccc(OC)cc5)C1[C@]4(O)[C@@H](O)[C@@H]3OC)[C@@H](OC)C[C@H]2O. The topological polar surface area (TPSA) is 157 Å². The number of aliphatic hydroxyl groups excluding tert-OH is 2. The van der Waals surface area contributed by atoms with Crippen LogP contribution in [0.15, 0.2) is 24.3 Å². The molecule has 12 nitrogen and oxygen atoms in total. The average Bonchev–Trinajstić information content (AvgIpc) is 3.42. The van der Waals surface area contributed by atoms with Crippen LogP contribution in [0.3, 0.4) is 0 Å². The van der Waals surface area contributed by atoms with E-state index >= 15 is 0 Å². The Morgan fingerprint density at radius 2 is 1.69 bits per heavy atom. The van der Waals surface area contributed by atoms with Crippen molar-refractivity contribution in [2.24, 2.45) is 34.5 Å². The van der Waals surface area contributed by atoms with Gasteiger partial charge in [0.05, 0.1) is 37.6 Å². The number of hydrogen-bond acceptors (Lipinski definition) is 12. The fourth-order valence-corrected chi connectivity index (χ4v) is 12.1. The number of methoxy groups -OCH3 is 5. The van der Waals surface area contributed by atoms with Crippen LogP contribution in [0.4, 0.5) is 0 Å². The quantitative estimate of drug-likeness (QED) is 0.272. The normalized spacial score (nSPS) is 50.8. The van der Waals surface area contributed by atoms with E-state index in [0.29, 0.717) is 25.3 Å². The number of likely N-dealkylation sites (tertiary alicyclic amines) is 1. The van der Waals surface area contributed by atoms with Crippen LogP contribution in [0, 0.1) is 34.5 Å². The lowest BCUT2D eigenvalue weighted by molar-refractivity contribution is -0.320. The van der Waals surface area contributed by atoms with Crippen molar-refractivity contribution in [3.8, 4) is 5.75 Å². The summed E-state index contributed by atoms with van der Waals surface area (Å²) in [5, 5.41) is 49.9. The minimum atomic E-state index is -1.88. The average molecular weight is 634 g/mol. The molecule has 4 N–H and O–H groups in total. The zero-order valence-corrected chi connectivity index (χ0v) is 26.8. The van der Waals surface area contributed by atoms with Gasteiger partial charge in [-0.15, -0.1) is 0 Å². The number of fused-ring (bicyclic) bond motifs is 2. The lowest BCUT2D eigenvalue weighted by Crippen LogP contribution is -2.81. The Morgan fingerprint density at radius 3 is 2.27 bits per heavy atom. The van der Waals surface area contributed by atoms with Crippen molar-refractivity contribution < 1.29 is 53.6 Å².